The number of methoxy groups -OCH3 is 1. The van der Waals surface area contributed by atoms with E-state index in [9.17, 15) is 39.9 Å². The lowest BCUT2D eigenvalue weighted by Crippen LogP contribution is -2.54. The molecular weight excluding hydrogens is 526 g/mol. The van der Waals surface area contributed by atoms with Gasteiger partial charge in [0.15, 0.2) is 12.1 Å². The second-order valence-corrected chi connectivity index (χ2v) is 10.6. The molecule has 1 amide bonds. The second-order valence-electron chi connectivity index (χ2n) is 10.6. The number of ether oxygens (including phenoxy) is 3. The number of rotatable bonds is 6. The summed E-state index contributed by atoms with van der Waals surface area (Å²) in [4.78, 5) is 38.3. The van der Waals surface area contributed by atoms with Gasteiger partial charge in [-0.3, -0.25) is 14.4 Å². The molecule has 3 aliphatic rings. The number of phenolic OH excluding ortho intramolecular Hbond substituents is 2. The van der Waals surface area contributed by atoms with E-state index in [1.54, 1.807) is 6.92 Å². The minimum Gasteiger partial charge on any atom is -0.507 e. The number of phenols is 2. The third kappa shape index (κ3) is 4.23. The van der Waals surface area contributed by atoms with E-state index in [4.69, 9.17) is 14.2 Å². The fourth-order valence-electron chi connectivity index (χ4n) is 5.96. The van der Waals surface area contributed by atoms with Crippen molar-refractivity contribution in [2.24, 2.45) is 0 Å². The van der Waals surface area contributed by atoms with Crippen LogP contribution in [0.2, 0.25) is 0 Å². The predicted molar refractivity (Wildman–Crippen MR) is 136 cm³/mol. The summed E-state index contributed by atoms with van der Waals surface area (Å²) in [5, 5.41) is 57.6. The molecule has 5 unspecified atom stereocenters. The molecule has 7 atom stereocenters. The zero-order valence-electron chi connectivity index (χ0n) is 22.1. The smallest absolute Gasteiger partial charge is 0.207 e. The lowest BCUT2D eigenvalue weighted by atomic mass is 9.71. The molecule has 1 saturated heterocycles. The number of fused-ring (bicyclic) bond motifs is 3. The van der Waals surface area contributed by atoms with Gasteiger partial charge in [0.1, 0.15) is 23.4 Å². The van der Waals surface area contributed by atoms with Gasteiger partial charge in [0.05, 0.1) is 53.8 Å². The Morgan fingerprint density at radius 2 is 1.85 bits per heavy atom. The topological polar surface area (TPSA) is 192 Å². The van der Waals surface area contributed by atoms with Crippen molar-refractivity contribution in [3.8, 4) is 17.2 Å². The number of carbonyl (C=O) groups excluding carboxylic acids is 3. The van der Waals surface area contributed by atoms with E-state index in [1.165, 1.54) is 32.2 Å². The Labute approximate surface area is 229 Å². The Kier molecular flexibility index (Phi) is 7.09. The average molecular weight is 558 g/mol. The normalized spacial score (nSPS) is 30.1. The van der Waals surface area contributed by atoms with Gasteiger partial charge in [0.2, 0.25) is 12.2 Å². The molecule has 0 radical (unpaired) electrons. The lowest BCUT2D eigenvalue weighted by molar-refractivity contribution is -0.252. The molecule has 0 spiro atoms. The van der Waals surface area contributed by atoms with E-state index in [0.29, 0.717) is 6.41 Å². The maximum Gasteiger partial charge on any atom is 0.207 e. The second kappa shape index (κ2) is 10.1. The SMILES string of the molecule is COc1cccc2c1C(=O)c1c(O)c3c(c(O)c1C2=O)C[C@@](O)(C(C)O)C[C@@H]3OC1CC(NC=O)C(O)C(C)O1. The van der Waals surface area contributed by atoms with Crippen LogP contribution in [0.25, 0.3) is 0 Å². The van der Waals surface area contributed by atoms with Gasteiger partial charge in [-0.25, -0.2) is 0 Å². The lowest BCUT2D eigenvalue weighted by Gasteiger charge is -2.44. The molecule has 1 aliphatic heterocycles. The molecule has 214 valence electrons. The van der Waals surface area contributed by atoms with Crippen LogP contribution in [-0.4, -0.2) is 86.9 Å². The van der Waals surface area contributed by atoms with Gasteiger partial charge in [-0.1, -0.05) is 12.1 Å². The monoisotopic (exact) mass is 557 g/mol. The van der Waals surface area contributed by atoms with Gasteiger partial charge < -0.3 is 45.1 Å². The van der Waals surface area contributed by atoms with E-state index < -0.39 is 76.5 Å². The molecule has 2 aromatic rings. The van der Waals surface area contributed by atoms with Crippen LogP contribution in [0.15, 0.2) is 18.2 Å². The summed E-state index contributed by atoms with van der Waals surface area (Å²) < 4.78 is 17.2. The van der Waals surface area contributed by atoms with Crippen LogP contribution in [0, 0.1) is 0 Å². The highest BCUT2D eigenvalue weighted by Gasteiger charge is 2.49. The maximum absolute atomic E-state index is 13.7. The molecule has 2 aromatic carbocycles. The number of aromatic hydroxyl groups is 2. The van der Waals surface area contributed by atoms with Crippen LogP contribution in [0.5, 0.6) is 17.2 Å². The van der Waals surface area contributed by atoms with Crippen molar-refractivity contribution >= 4 is 18.0 Å². The maximum atomic E-state index is 13.7. The first kappa shape index (κ1) is 28.0. The summed E-state index contributed by atoms with van der Waals surface area (Å²) in [5.41, 5.74) is -2.87. The molecule has 5 rings (SSSR count). The van der Waals surface area contributed by atoms with Crippen molar-refractivity contribution in [2.45, 2.75) is 75.5 Å². The zero-order chi connectivity index (χ0) is 29.1. The van der Waals surface area contributed by atoms with Gasteiger partial charge in [0, 0.05) is 36.0 Å². The van der Waals surface area contributed by atoms with Crippen LogP contribution in [-0.2, 0) is 20.7 Å². The number of amides is 1. The first-order chi connectivity index (χ1) is 18.9. The van der Waals surface area contributed by atoms with Crippen LogP contribution in [0.4, 0.5) is 0 Å². The summed E-state index contributed by atoms with van der Waals surface area (Å²) in [6.07, 6.45) is -5.57. The van der Waals surface area contributed by atoms with Gasteiger partial charge in [-0.05, 0) is 19.9 Å². The number of aliphatic hydroxyl groups is 3. The van der Waals surface area contributed by atoms with E-state index in [1.807, 2.05) is 0 Å². The highest BCUT2D eigenvalue weighted by atomic mass is 16.7. The Bertz CT molecular complexity index is 1390. The number of hydrogen-bond acceptors (Lipinski definition) is 11. The Morgan fingerprint density at radius 1 is 1.15 bits per heavy atom. The summed E-state index contributed by atoms with van der Waals surface area (Å²) in [6, 6.07) is 3.71. The Morgan fingerprint density at radius 3 is 2.50 bits per heavy atom. The van der Waals surface area contributed by atoms with E-state index in [-0.39, 0.29) is 47.3 Å². The van der Waals surface area contributed by atoms with Gasteiger partial charge in [-0.15, -0.1) is 0 Å². The third-order valence-electron chi connectivity index (χ3n) is 8.19. The fraction of sp³-hybridized carbons (Fsp3) is 0.464. The zero-order valence-corrected chi connectivity index (χ0v) is 22.1. The van der Waals surface area contributed by atoms with Crippen LogP contribution in [0.3, 0.4) is 0 Å². The molecule has 40 heavy (non-hydrogen) atoms. The minimum atomic E-state index is -1.85. The third-order valence-corrected chi connectivity index (χ3v) is 8.19. The minimum absolute atomic E-state index is 0.00284. The number of aliphatic hydroxyl groups excluding tert-OH is 2. The number of hydrogen-bond donors (Lipinski definition) is 6. The summed E-state index contributed by atoms with van der Waals surface area (Å²) in [5.74, 6) is -2.57. The van der Waals surface area contributed by atoms with Crippen molar-refractivity contribution in [3.05, 3.63) is 51.6 Å². The van der Waals surface area contributed by atoms with Gasteiger partial charge >= 0.3 is 0 Å². The van der Waals surface area contributed by atoms with Crippen molar-refractivity contribution < 1.29 is 54.1 Å². The van der Waals surface area contributed by atoms with E-state index >= 15 is 0 Å². The first-order valence-electron chi connectivity index (χ1n) is 12.9. The summed E-state index contributed by atoms with van der Waals surface area (Å²) in [7, 11) is 1.34. The Balaban J connectivity index is 1.65. The predicted octanol–water partition coefficient (Wildman–Crippen LogP) is 0.608. The van der Waals surface area contributed by atoms with Crippen LogP contribution < -0.4 is 10.1 Å². The van der Waals surface area contributed by atoms with Crippen molar-refractivity contribution in [2.75, 3.05) is 7.11 Å². The van der Waals surface area contributed by atoms with E-state index in [0.717, 1.165) is 0 Å². The summed E-state index contributed by atoms with van der Waals surface area (Å²) >= 11 is 0. The van der Waals surface area contributed by atoms with Crippen molar-refractivity contribution in [1.82, 2.24) is 5.32 Å². The molecule has 12 nitrogen and oxygen atoms in total. The molecule has 0 bridgehead atoms. The van der Waals surface area contributed by atoms with Gasteiger partial charge in [0.25, 0.3) is 0 Å². The fourth-order valence-corrected chi connectivity index (χ4v) is 5.96. The quantitative estimate of drug-likeness (QED) is 0.184. The molecular formula is C28H31NO11. The molecule has 12 heteroatoms. The molecule has 2 aliphatic carbocycles. The number of ketones is 2. The highest BCUT2D eigenvalue weighted by Crippen LogP contribution is 2.52. The average Bonchev–Trinajstić information content (AvgIpc) is 2.91. The van der Waals surface area contributed by atoms with Crippen LogP contribution >= 0.6 is 0 Å². The largest absolute Gasteiger partial charge is 0.507 e. The molecule has 1 fully saturated rings. The molecule has 6 N–H and O–H groups in total. The molecule has 0 aromatic heterocycles. The standard InChI is InChI=1S/C28H31NO11/c1-11-23(32)15(29-10-30)7-18(39-11)40-17-9-28(37,12(2)31)8-14-20(17)27(36)22-21(25(14)34)24(33)13-5-4-6-16(38-3)19(13)26(22)35/h4-6,10-12,15,17-18,23,31-32,34,36-37H,7-9H2,1-3H3,(H,29,30)/t11?,12?,15?,17-,18?,23?,28-/m0/s1. The first-order valence-corrected chi connectivity index (χ1v) is 12.9. The number of benzene rings is 2. The molecule has 0 saturated carbocycles. The summed E-state index contributed by atoms with van der Waals surface area (Å²) in [6.45, 7) is 2.93. The van der Waals surface area contributed by atoms with Crippen molar-refractivity contribution in [1.29, 1.82) is 0 Å². The Hall–Kier alpha value is -3.55. The highest BCUT2D eigenvalue weighted by molar-refractivity contribution is 6.31. The number of carbonyl (C=O) groups is 3. The molecule has 1 heterocycles. The van der Waals surface area contributed by atoms with Gasteiger partial charge in [-0.2, -0.15) is 0 Å². The van der Waals surface area contributed by atoms with Crippen molar-refractivity contribution in [3.63, 3.8) is 0 Å². The van der Waals surface area contributed by atoms with E-state index in [2.05, 4.69) is 5.32 Å². The van der Waals surface area contributed by atoms with Crippen LogP contribution in [0.1, 0.15) is 75.8 Å². The number of nitrogens with one attached hydrogen (secondary N) is 1.